The zero-order valence-corrected chi connectivity index (χ0v) is 12.5. The highest BCUT2D eigenvalue weighted by atomic mass is 32.2. The number of aromatic nitrogens is 3. The van der Waals surface area contributed by atoms with Gasteiger partial charge in [0.25, 0.3) is 0 Å². The fraction of sp³-hybridized carbons (Fsp3) is 0.385. The number of nitrogens with two attached hydrogens (primary N) is 1. The topological polar surface area (TPSA) is 85.9 Å². The third-order valence-electron chi connectivity index (χ3n) is 3.14. The first-order valence-corrected chi connectivity index (χ1v) is 7.08. The lowest BCUT2D eigenvalue weighted by molar-refractivity contribution is 0.414. The molecule has 0 amide bonds. The van der Waals surface area contributed by atoms with E-state index in [0.29, 0.717) is 5.16 Å². The van der Waals surface area contributed by atoms with Crippen LogP contribution in [0.1, 0.15) is 18.5 Å². The van der Waals surface area contributed by atoms with Crippen LogP contribution in [-0.2, 0) is 7.05 Å². The third kappa shape index (κ3) is 3.05. The minimum Gasteiger partial charge on any atom is -0.497 e. The van der Waals surface area contributed by atoms with E-state index in [9.17, 15) is 4.79 Å². The van der Waals surface area contributed by atoms with Gasteiger partial charge in [0.15, 0.2) is 5.16 Å². The highest BCUT2D eigenvalue weighted by Gasteiger charge is 2.19. The van der Waals surface area contributed by atoms with Crippen LogP contribution in [0.2, 0.25) is 0 Å². The molecule has 0 aliphatic rings. The number of thioether (sulfide) groups is 1. The second-order valence-electron chi connectivity index (χ2n) is 4.49. The number of benzene rings is 1. The Morgan fingerprint density at radius 1 is 1.40 bits per heavy atom. The van der Waals surface area contributed by atoms with E-state index in [1.807, 2.05) is 31.2 Å². The molecule has 7 heteroatoms. The molecule has 2 atom stereocenters. The Labute approximate surface area is 121 Å². The predicted octanol–water partition coefficient (Wildman–Crippen LogP) is 1.30. The molecule has 2 unspecified atom stereocenters. The normalized spacial score (nSPS) is 14.0. The molecule has 6 nitrogen and oxygen atoms in total. The Bertz CT molecular complexity index is 620. The van der Waals surface area contributed by atoms with Crippen molar-refractivity contribution in [2.75, 3.05) is 7.11 Å². The van der Waals surface area contributed by atoms with Crippen LogP contribution in [0.15, 0.2) is 34.2 Å². The molecule has 2 rings (SSSR count). The first-order valence-electron chi connectivity index (χ1n) is 6.20. The van der Waals surface area contributed by atoms with Gasteiger partial charge in [0.05, 0.1) is 7.11 Å². The molecular formula is C13H18N4O2S. The molecule has 20 heavy (non-hydrogen) atoms. The summed E-state index contributed by atoms with van der Waals surface area (Å²) in [7, 11) is 3.31. The molecule has 0 aliphatic carbocycles. The Hall–Kier alpha value is -1.73. The molecule has 1 aromatic carbocycles. The van der Waals surface area contributed by atoms with Gasteiger partial charge in [-0.05, 0) is 17.7 Å². The van der Waals surface area contributed by atoms with Gasteiger partial charge in [-0.25, -0.2) is 9.89 Å². The van der Waals surface area contributed by atoms with Gasteiger partial charge in [0, 0.05) is 18.3 Å². The van der Waals surface area contributed by atoms with Crippen molar-refractivity contribution in [2.45, 2.75) is 23.4 Å². The molecule has 1 heterocycles. The van der Waals surface area contributed by atoms with Crippen molar-refractivity contribution in [2.24, 2.45) is 12.8 Å². The fourth-order valence-corrected chi connectivity index (χ4v) is 2.75. The minimum atomic E-state index is -0.224. The number of methoxy groups -OCH3 is 1. The maximum atomic E-state index is 11.3. The summed E-state index contributed by atoms with van der Waals surface area (Å²) in [6, 6.07) is 7.51. The molecule has 0 saturated heterocycles. The smallest absolute Gasteiger partial charge is 0.343 e. The molecule has 0 radical (unpaired) electrons. The summed E-state index contributed by atoms with van der Waals surface area (Å²) in [5, 5.41) is 7.10. The second kappa shape index (κ2) is 6.15. The van der Waals surface area contributed by atoms with Crippen LogP contribution in [0.25, 0.3) is 0 Å². The van der Waals surface area contributed by atoms with Crippen LogP contribution in [0.4, 0.5) is 0 Å². The molecule has 2 aromatic rings. The van der Waals surface area contributed by atoms with Crippen LogP contribution in [0.5, 0.6) is 5.75 Å². The molecule has 3 N–H and O–H groups in total. The summed E-state index contributed by atoms with van der Waals surface area (Å²) in [5.41, 5.74) is 7.04. The predicted molar refractivity (Wildman–Crippen MR) is 79.1 cm³/mol. The van der Waals surface area contributed by atoms with E-state index in [4.69, 9.17) is 10.5 Å². The molecular weight excluding hydrogens is 276 g/mol. The van der Waals surface area contributed by atoms with E-state index < -0.39 is 0 Å². The lowest BCUT2D eigenvalue weighted by Crippen LogP contribution is -2.22. The van der Waals surface area contributed by atoms with Crippen molar-refractivity contribution >= 4 is 11.8 Å². The Balaban J connectivity index is 2.09. The van der Waals surface area contributed by atoms with Gasteiger partial charge in [0.1, 0.15) is 5.75 Å². The number of rotatable bonds is 5. The zero-order valence-electron chi connectivity index (χ0n) is 11.7. The van der Waals surface area contributed by atoms with Crippen LogP contribution in [0.3, 0.4) is 0 Å². The molecule has 1 aromatic heterocycles. The van der Waals surface area contributed by atoms with Crippen molar-refractivity contribution in [1.82, 2.24) is 14.8 Å². The molecule has 0 aliphatic heterocycles. The minimum absolute atomic E-state index is 0.0808. The summed E-state index contributed by atoms with van der Waals surface area (Å²) in [6.07, 6.45) is 0. The van der Waals surface area contributed by atoms with Crippen molar-refractivity contribution in [3.05, 3.63) is 40.3 Å². The Morgan fingerprint density at radius 3 is 2.55 bits per heavy atom. The summed E-state index contributed by atoms with van der Waals surface area (Å²) >= 11 is 1.47. The molecule has 0 spiro atoms. The number of ether oxygens (including phenoxy) is 1. The van der Waals surface area contributed by atoms with Crippen LogP contribution < -0.4 is 16.2 Å². The van der Waals surface area contributed by atoms with Crippen molar-refractivity contribution < 1.29 is 4.74 Å². The largest absolute Gasteiger partial charge is 0.497 e. The Kier molecular flexibility index (Phi) is 4.51. The summed E-state index contributed by atoms with van der Waals surface area (Å²) in [6.45, 7) is 2.01. The average Bonchev–Trinajstić information content (AvgIpc) is 2.78. The third-order valence-corrected chi connectivity index (χ3v) is 4.38. The van der Waals surface area contributed by atoms with Crippen LogP contribution >= 0.6 is 11.8 Å². The number of hydrogen-bond donors (Lipinski definition) is 2. The van der Waals surface area contributed by atoms with Gasteiger partial charge in [-0.15, -0.1) is 5.10 Å². The van der Waals surface area contributed by atoms with Crippen LogP contribution in [-0.4, -0.2) is 27.1 Å². The fourth-order valence-electron chi connectivity index (χ4n) is 1.77. The number of aromatic amines is 1. The summed E-state index contributed by atoms with van der Waals surface area (Å²) in [4.78, 5) is 11.3. The van der Waals surface area contributed by atoms with E-state index in [0.717, 1.165) is 11.3 Å². The van der Waals surface area contributed by atoms with E-state index >= 15 is 0 Å². The second-order valence-corrected chi connectivity index (χ2v) is 5.84. The monoisotopic (exact) mass is 294 g/mol. The average molecular weight is 294 g/mol. The van der Waals surface area contributed by atoms with Crippen molar-refractivity contribution in [3.63, 3.8) is 0 Å². The quantitative estimate of drug-likeness (QED) is 0.812. The number of hydrogen-bond acceptors (Lipinski definition) is 5. The van der Waals surface area contributed by atoms with E-state index in [1.165, 1.54) is 16.3 Å². The maximum absolute atomic E-state index is 11.3. The molecule has 0 bridgehead atoms. The standard InChI is InChI=1S/C13H18N4O2S/c1-8(20-13-16-15-12(18)17(13)2)11(14)9-4-6-10(19-3)7-5-9/h4-8,11H,14H2,1-3H3,(H,15,18). The van der Waals surface area contributed by atoms with Crippen molar-refractivity contribution in [3.8, 4) is 5.75 Å². The van der Waals surface area contributed by atoms with Gasteiger partial charge in [-0.2, -0.15) is 0 Å². The van der Waals surface area contributed by atoms with Gasteiger partial charge in [0.2, 0.25) is 0 Å². The zero-order chi connectivity index (χ0) is 14.7. The van der Waals surface area contributed by atoms with Gasteiger partial charge in [-0.1, -0.05) is 30.8 Å². The van der Waals surface area contributed by atoms with Gasteiger partial charge in [-0.3, -0.25) is 4.57 Å². The summed E-state index contributed by atoms with van der Waals surface area (Å²) in [5.74, 6) is 0.802. The lowest BCUT2D eigenvalue weighted by Gasteiger charge is -2.19. The van der Waals surface area contributed by atoms with Gasteiger partial charge >= 0.3 is 5.69 Å². The molecule has 108 valence electrons. The first kappa shape index (κ1) is 14.7. The van der Waals surface area contributed by atoms with E-state index in [2.05, 4.69) is 10.2 Å². The summed E-state index contributed by atoms with van der Waals surface area (Å²) < 4.78 is 6.60. The SMILES string of the molecule is COc1ccc(C(N)C(C)Sc2n[nH]c(=O)n2C)cc1. The highest BCUT2D eigenvalue weighted by Crippen LogP contribution is 2.29. The maximum Gasteiger partial charge on any atom is 0.343 e. The van der Waals surface area contributed by atoms with E-state index in [-0.39, 0.29) is 17.0 Å². The molecule has 0 fully saturated rings. The lowest BCUT2D eigenvalue weighted by atomic mass is 10.1. The van der Waals surface area contributed by atoms with E-state index in [1.54, 1.807) is 14.2 Å². The van der Waals surface area contributed by atoms with Crippen LogP contribution in [0, 0.1) is 0 Å². The van der Waals surface area contributed by atoms with Crippen molar-refractivity contribution in [1.29, 1.82) is 0 Å². The molecule has 0 saturated carbocycles. The number of nitrogens with zero attached hydrogens (tertiary/aromatic N) is 2. The number of H-pyrrole nitrogens is 1. The Morgan fingerprint density at radius 2 is 2.05 bits per heavy atom. The number of nitrogens with one attached hydrogen (secondary N) is 1. The highest BCUT2D eigenvalue weighted by molar-refractivity contribution is 7.99. The first-order chi connectivity index (χ1) is 9.52. The van der Waals surface area contributed by atoms with Gasteiger partial charge < -0.3 is 10.5 Å².